The fraction of sp³-hybridized carbons (Fsp3) is 1.00. The van der Waals surface area contributed by atoms with Crippen molar-refractivity contribution in [1.29, 1.82) is 0 Å². The minimum atomic E-state index is 1.37. The van der Waals surface area contributed by atoms with Crippen molar-refractivity contribution in [1.82, 2.24) is 0 Å². The first-order valence-electron chi connectivity index (χ1n) is 18.8. The van der Waals surface area contributed by atoms with Gasteiger partial charge >= 0.3 is 0 Å². The van der Waals surface area contributed by atoms with Crippen LogP contribution in [0, 0.1) is 0 Å². The third kappa shape index (κ3) is 43.1. The van der Waals surface area contributed by atoms with Gasteiger partial charge in [0.15, 0.2) is 0 Å². The monoisotopic (exact) mass is 537 g/mol. The van der Waals surface area contributed by atoms with E-state index in [9.17, 15) is 0 Å². The molecule has 0 aliphatic heterocycles. The average molecular weight is 537 g/mol. The molecule has 0 heteroatoms. The summed E-state index contributed by atoms with van der Waals surface area (Å²) in [5.74, 6) is 0. The maximum atomic E-state index is 2.30. The van der Waals surface area contributed by atoms with Crippen molar-refractivity contribution in [2.75, 3.05) is 0 Å². The Labute approximate surface area is 245 Å². The Morgan fingerprint density at radius 1 is 0.132 bits per heavy atom. The average Bonchev–Trinajstić information content (AvgIpc) is 2.93. The van der Waals surface area contributed by atoms with E-state index in [0.29, 0.717) is 0 Å². The summed E-state index contributed by atoms with van der Waals surface area (Å²) in [5, 5.41) is 0. The highest BCUT2D eigenvalue weighted by molar-refractivity contribution is 4.51. The molecule has 0 aromatic heterocycles. The van der Waals surface area contributed by atoms with Gasteiger partial charge in [0.25, 0.3) is 0 Å². The van der Waals surface area contributed by atoms with Gasteiger partial charge in [-0.25, -0.2) is 0 Å². The third-order valence-electron chi connectivity index (χ3n) is 8.41. The van der Waals surface area contributed by atoms with Crippen LogP contribution in [-0.2, 0) is 0 Å². The van der Waals surface area contributed by atoms with Crippen molar-refractivity contribution >= 4 is 0 Å². The Hall–Kier alpha value is 0. The lowest BCUT2D eigenvalue weighted by Crippen LogP contribution is -1.84. The molecule has 0 aromatic rings. The highest BCUT2D eigenvalue weighted by atomic mass is 14.0. The van der Waals surface area contributed by atoms with Crippen molar-refractivity contribution in [3.8, 4) is 0 Å². The van der Waals surface area contributed by atoms with Crippen molar-refractivity contribution in [2.45, 2.75) is 246 Å². The van der Waals surface area contributed by atoms with Crippen LogP contribution in [0.4, 0.5) is 0 Å². The first kappa shape index (κ1) is 40.1. The number of hydrogen-bond acceptors (Lipinski definition) is 0. The Morgan fingerprint density at radius 2 is 0.211 bits per heavy atom. The molecule has 0 saturated heterocycles. The fourth-order valence-corrected chi connectivity index (χ4v) is 5.60. The van der Waals surface area contributed by atoms with Gasteiger partial charge in [-0.05, 0) is 0 Å². The van der Waals surface area contributed by atoms with Crippen LogP contribution in [0.5, 0.6) is 0 Å². The molecule has 0 nitrogen and oxygen atoms in total. The molecule has 0 heterocycles. The SMILES string of the molecule is CCCCCCCCCCCCCCCC.CCCCCCCCCCCCCCCCCCCCCC. The largest absolute Gasteiger partial charge is 0.0654 e. The lowest BCUT2D eigenvalue weighted by Gasteiger charge is -2.03. The van der Waals surface area contributed by atoms with Crippen LogP contribution >= 0.6 is 0 Å². The van der Waals surface area contributed by atoms with Gasteiger partial charge in [0.2, 0.25) is 0 Å². The lowest BCUT2D eigenvalue weighted by molar-refractivity contribution is 0.523. The Morgan fingerprint density at radius 3 is 0.289 bits per heavy atom. The van der Waals surface area contributed by atoms with Gasteiger partial charge in [-0.2, -0.15) is 0 Å². The maximum Gasteiger partial charge on any atom is -0.0533 e. The summed E-state index contributed by atoms with van der Waals surface area (Å²) in [7, 11) is 0. The van der Waals surface area contributed by atoms with E-state index in [1.807, 2.05) is 0 Å². The van der Waals surface area contributed by atoms with E-state index in [2.05, 4.69) is 27.7 Å². The van der Waals surface area contributed by atoms with E-state index in [1.165, 1.54) is 218 Å². The summed E-state index contributed by atoms with van der Waals surface area (Å²) in [6.07, 6.45) is 49.8. The molecule has 0 fully saturated rings. The summed E-state index contributed by atoms with van der Waals surface area (Å²) < 4.78 is 0. The van der Waals surface area contributed by atoms with E-state index in [0.717, 1.165) is 0 Å². The zero-order valence-electron chi connectivity index (χ0n) is 28.0. The van der Waals surface area contributed by atoms with Gasteiger partial charge in [-0.1, -0.05) is 246 Å². The lowest BCUT2D eigenvalue weighted by atomic mass is 10.0. The van der Waals surface area contributed by atoms with Gasteiger partial charge in [0.1, 0.15) is 0 Å². The highest BCUT2D eigenvalue weighted by Crippen LogP contribution is 2.15. The molecule has 0 atom stereocenters. The van der Waals surface area contributed by atoms with Crippen molar-refractivity contribution in [2.24, 2.45) is 0 Å². The van der Waals surface area contributed by atoms with Crippen LogP contribution < -0.4 is 0 Å². The Bertz CT molecular complexity index is 312. The van der Waals surface area contributed by atoms with Crippen molar-refractivity contribution < 1.29 is 0 Å². The van der Waals surface area contributed by atoms with Gasteiger partial charge in [-0.3, -0.25) is 0 Å². The molecule has 0 saturated carbocycles. The molecular formula is C38H80. The van der Waals surface area contributed by atoms with Crippen LogP contribution in [0.25, 0.3) is 0 Å². The third-order valence-corrected chi connectivity index (χ3v) is 8.41. The standard InChI is InChI=1S/C22H46.C16H34/c1-3-5-7-9-11-13-15-17-19-21-22-20-18-16-14-12-10-8-6-4-2;1-3-5-7-9-11-13-15-16-14-12-10-8-6-4-2/h3-22H2,1-2H3;3-16H2,1-2H3. The highest BCUT2D eigenvalue weighted by Gasteiger charge is 1.95. The predicted octanol–water partition coefficient (Wildman–Crippen LogP) is 15.3. The van der Waals surface area contributed by atoms with Gasteiger partial charge in [0, 0.05) is 0 Å². The molecular weight excluding hydrogens is 456 g/mol. The second-order valence-corrected chi connectivity index (χ2v) is 12.6. The van der Waals surface area contributed by atoms with Crippen LogP contribution in [0.2, 0.25) is 0 Å². The normalized spacial score (nSPS) is 11.1. The first-order valence-corrected chi connectivity index (χ1v) is 18.8. The zero-order chi connectivity index (χ0) is 28.0. The second kappa shape index (κ2) is 41.5. The molecule has 0 amide bonds. The Balaban J connectivity index is 0. The minimum absolute atomic E-state index is 1.37. The minimum Gasteiger partial charge on any atom is -0.0654 e. The van der Waals surface area contributed by atoms with E-state index in [-0.39, 0.29) is 0 Å². The van der Waals surface area contributed by atoms with E-state index < -0.39 is 0 Å². The summed E-state index contributed by atoms with van der Waals surface area (Å²) in [6, 6.07) is 0. The molecule has 0 radical (unpaired) electrons. The van der Waals surface area contributed by atoms with Crippen molar-refractivity contribution in [3.63, 3.8) is 0 Å². The number of unbranched alkanes of at least 4 members (excludes halogenated alkanes) is 32. The molecule has 0 bridgehead atoms. The molecule has 0 aliphatic rings. The molecule has 232 valence electrons. The molecule has 0 spiro atoms. The molecule has 0 unspecified atom stereocenters. The summed E-state index contributed by atoms with van der Waals surface area (Å²) in [5.41, 5.74) is 0. The number of rotatable bonds is 32. The van der Waals surface area contributed by atoms with Crippen LogP contribution in [0.1, 0.15) is 246 Å². The van der Waals surface area contributed by atoms with E-state index in [4.69, 9.17) is 0 Å². The number of hydrogen-bond donors (Lipinski definition) is 0. The van der Waals surface area contributed by atoms with Crippen molar-refractivity contribution in [3.05, 3.63) is 0 Å². The molecule has 0 rings (SSSR count). The summed E-state index contributed by atoms with van der Waals surface area (Å²) >= 11 is 0. The predicted molar refractivity (Wildman–Crippen MR) is 180 cm³/mol. The van der Waals surface area contributed by atoms with Gasteiger partial charge < -0.3 is 0 Å². The smallest absolute Gasteiger partial charge is 0.0533 e. The molecule has 0 aliphatic carbocycles. The maximum absolute atomic E-state index is 2.30. The summed E-state index contributed by atoms with van der Waals surface area (Å²) in [6.45, 7) is 9.18. The van der Waals surface area contributed by atoms with Crippen LogP contribution in [0.15, 0.2) is 0 Å². The quantitative estimate of drug-likeness (QED) is 0.0750. The van der Waals surface area contributed by atoms with Crippen LogP contribution in [0.3, 0.4) is 0 Å². The van der Waals surface area contributed by atoms with Gasteiger partial charge in [-0.15, -0.1) is 0 Å². The molecule has 0 N–H and O–H groups in total. The second-order valence-electron chi connectivity index (χ2n) is 12.6. The molecule has 38 heavy (non-hydrogen) atoms. The fourth-order valence-electron chi connectivity index (χ4n) is 5.60. The van der Waals surface area contributed by atoms with Crippen LogP contribution in [-0.4, -0.2) is 0 Å². The van der Waals surface area contributed by atoms with E-state index >= 15 is 0 Å². The first-order chi connectivity index (χ1) is 18.8. The summed E-state index contributed by atoms with van der Waals surface area (Å²) in [4.78, 5) is 0. The topological polar surface area (TPSA) is 0 Å². The van der Waals surface area contributed by atoms with Gasteiger partial charge in [0.05, 0.1) is 0 Å². The zero-order valence-corrected chi connectivity index (χ0v) is 28.0. The Kier molecular flexibility index (Phi) is 43.8. The molecule has 0 aromatic carbocycles. The van der Waals surface area contributed by atoms with E-state index in [1.54, 1.807) is 0 Å².